The summed E-state index contributed by atoms with van der Waals surface area (Å²) in [5, 5.41) is 12.2. The van der Waals surface area contributed by atoms with Gasteiger partial charge in [-0.05, 0) is 30.5 Å². The summed E-state index contributed by atoms with van der Waals surface area (Å²) in [7, 11) is 0. The van der Waals surface area contributed by atoms with Crippen molar-refractivity contribution in [2.75, 3.05) is 11.9 Å². The van der Waals surface area contributed by atoms with Crippen LogP contribution in [0.4, 0.5) is 5.69 Å². The van der Waals surface area contributed by atoms with Gasteiger partial charge in [-0.3, -0.25) is 4.79 Å². The van der Waals surface area contributed by atoms with Gasteiger partial charge >= 0.3 is 0 Å². The molecule has 1 aromatic carbocycles. The highest BCUT2D eigenvalue weighted by Gasteiger charge is 2.07. The Morgan fingerprint density at radius 1 is 1.45 bits per heavy atom. The topological polar surface area (TPSA) is 49.3 Å². The fraction of sp³-hybridized carbons (Fsp3) is 0.438. The van der Waals surface area contributed by atoms with Crippen molar-refractivity contribution < 1.29 is 9.90 Å². The van der Waals surface area contributed by atoms with E-state index in [1.807, 2.05) is 0 Å². The SMILES string of the molecule is CC(C)CCC(=O)Nc1ccc(Cl)cc1C#CCCO. The van der Waals surface area contributed by atoms with Gasteiger partial charge in [0.1, 0.15) is 0 Å². The van der Waals surface area contributed by atoms with Gasteiger partial charge in [0.25, 0.3) is 0 Å². The van der Waals surface area contributed by atoms with Gasteiger partial charge in [-0.2, -0.15) is 0 Å². The molecular formula is C16H20ClNO2. The molecule has 0 radical (unpaired) electrons. The van der Waals surface area contributed by atoms with E-state index in [4.69, 9.17) is 16.7 Å². The van der Waals surface area contributed by atoms with E-state index in [1.54, 1.807) is 18.2 Å². The molecule has 0 fully saturated rings. The Balaban J connectivity index is 2.79. The van der Waals surface area contributed by atoms with Crippen LogP contribution in [0.25, 0.3) is 0 Å². The average molecular weight is 294 g/mol. The van der Waals surface area contributed by atoms with Crippen molar-refractivity contribution in [1.29, 1.82) is 0 Å². The normalized spacial score (nSPS) is 10.1. The Morgan fingerprint density at radius 3 is 2.85 bits per heavy atom. The lowest BCUT2D eigenvalue weighted by Gasteiger charge is -2.09. The standard InChI is InChI=1S/C16H20ClNO2/c1-12(2)6-9-16(20)18-15-8-7-14(17)11-13(15)5-3-4-10-19/h7-8,11-12,19H,4,6,9-10H2,1-2H3,(H,18,20). The third-order valence-electron chi connectivity index (χ3n) is 2.66. The van der Waals surface area contributed by atoms with Crippen LogP contribution in [0.5, 0.6) is 0 Å². The van der Waals surface area contributed by atoms with Gasteiger partial charge in [0.15, 0.2) is 0 Å². The van der Waals surface area contributed by atoms with Crippen molar-refractivity contribution in [2.24, 2.45) is 5.92 Å². The predicted octanol–water partition coefficient (Wildman–Crippen LogP) is 3.45. The molecule has 0 bridgehead atoms. The van der Waals surface area contributed by atoms with E-state index in [-0.39, 0.29) is 12.5 Å². The molecule has 0 saturated carbocycles. The summed E-state index contributed by atoms with van der Waals surface area (Å²) in [5.74, 6) is 6.22. The summed E-state index contributed by atoms with van der Waals surface area (Å²) in [6, 6.07) is 5.18. The van der Waals surface area contributed by atoms with Gasteiger partial charge < -0.3 is 10.4 Å². The highest BCUT2D eigenvalue weighted by atomic mass is 35.5. The third kappa shape index (κ3) is 6.10. The second-order valence-corrected chi connectivity index (χ2v) is 5.38. The number of amides is 1. The number of benzene rings is 1. The van der Waals surface area contributed by atoms with E-state index in [1.165, 1.54) is 0 Å². The molecule has 3 nitrogen and oxygen atoms in total. The maximum Gasteiger partial charge on any atom is 0.224 e. The summed E-state index contributed by atoms with van der Waals surface area (Å²) in [4.78, 5) is 11.9. The number of hydrogen-bond acceptors (Lipinski definition) is 2. The Kier molecular flexibility index (Phi) is 7.14. The van der Waals surface area contributed by atoms with Crippen LogP contribution in [0.3, 0.4) is 0 Å². The van der Waals surface area contributed by atoms with Crippen LogP contribution in [-0.4, -0.2) is 17.6 Å². The van der Waals surface area contributed by atoms with Crippen molar-refractivity contribution in [2.45, 2.75) is 33.1 Å². The van der Waals surface area contributed by atoms with E-state index < -0.39 is 0 Å². The number of carbonyl (C=O) groups excluding carboxylic acids is 1. The molecule has 2 N–H and O–H groups in total. The molecular weight excluding hydrogens is 274 g/mol. The fourth-order valence-electron chi connectivity index (χ4n) is 1.57. The minimum Gasteiger partial charge on any atom is -0.395 e. The van der Waals surface area contributed by atoms with Gasteiger partial charge in [-0.25, -0.2) is 0 Å². The quantitative estimate of drug-likeness (QED) is 0.817. The predicted molar refractivity (Wildman–Crippen MR) is 82.7 cm³/mol. The first-order chi connectivity index (χ1) is 9.52. The molecule has 0 saturated heterocycles. The maximum absolute atomic E-state index is 11.9. The zero-order valence-corrected chi connectivity index (χ0v) is 12.6. The molecule has 0 aliphatic heterocycles. The molecule has 0 atom stereocenters. The lowest BCUT2D eigenvalue weighted by Crippen LogP contribution is -2.13. The molecule has 1 rings (SSSR count). The van der Waals surface area contributed by atoms with Crippen LogP contribution < -0.4 is 5.32 Å². The molecule has 1 amide bonds. The van der Waals surface area contributed by atoms with E-state index in [2.05, 4.69) is 31.0 Å². The molecule has 0 aliphatic rings. The number of nitrogens with one attached hydrogen (secondary N) is 1. The summed E-state index contributed by atoms with van der Waals surface area (Å²) in [6.45, 7) is 4.19. The second kappa shape index (κ2) is 8.63. The molecule has 1 aromatic rings. The lowest BCUT2D eigenvalue weighted by molar-refractivity contribution is -0.116. The van der Waals surface area contributed by atoms with Crippen molar-refractivity contribution in [3.8, 4) is 11.8 Å². The number of carbonyl (C=O) groups is 1. The maximum atomic E-state index is 11.9. The molecule has 0 spiro atoms. The Labute approximate surface area is 125 Å². The first kappa shape index (κ1) is 16.6. The highest BCUT2D eigenvalue weighted by molar-refractivity contribution is 6.30. The third-order valence-corrected chi connectivity index (χ3v) is 2.90. The highest BCUT2D eigenvalue weighted by Crippen LogP contribution is 2.20. The van der Waals surface area contributed by atoms with Gasteiger partial charge in [0.05, 0.1) is 12.3 Å². The molecule has 0 aliphatic carbocycles. The summed E-state index contributed by atoms with van der Waals surface area (Å²) in [6.07, 6.45) is 1.74. The molecule has 0 aromatic heterocycles. The Morgan fingerprint density at radius 2 is 2.20 bits per heavy atom. The summed E-state index contributed by atoms with van der Waals surface area (Å²) < 4.78 is 0. The number of hydrogen-bond donors (Lipinski definition) is 2. The van der Waals surface area contributed by atoms with E-state index >= 15 is 0 Å². The second-order valence-electron chi connectivity index (χ2n) is 4.95. The molecule has 20 heavy (non-hydrogen) atoms. The summed E-state index contributed by atoms with van der Waals surface area (Å²) >= 11 is 5.94. The molecule has 0 heterocycles. The number of aliphatic hydroxyl groups excluding tert-OH is 1. The van der Waals surface area contributed by atoms with Gasteiger partial charge in [-0.1, -0.05) is 37.3 Å². The van der Waals surface area contributed by atoms with Crippen molar-refractivity contribution in [3.05, 3.63) is 28.8 Å². The van der Waals surface area contributed by atoms with Crippen LogP contribution in [0.2, 0.25) is 5.02 Å². The molecule has 4 heteroatoms. The van der Waals surface area contributed by atoms with E-state index in [0.717, 1.165) is 6.42 Å². The van der Waals surface area contributed by atoms with Crippen LogP contribution in [0, 0.1) is 17.8 Å². The van der Waals surface area contributed by atoms with E-state index in [0.29, 0.717) is 35.0 Å². The zero-order chi connectivity index (χ0) is 15.0. The van der Waals surface area contributed by atoms with Gasteiger partial charge in [0.2, 0.25) is 5.91 Å². The van der Waals surface area contributed by atoms with Crippen LogP contribution in [-0.2, 0) is 4.79 Å². The number of rotatable bonds is 5. The van der Waals surface area contributed by atoms with Crippen molar-refractivity contribution in [3.63, 3.8) is 0 Å². The first-order valence-electron chi connectivity index (χ1n) is 6.72. The fourth-order valence-corrected chi connectivity index (χ4v) is 1.75. The van der Waals surface area contributed by atoms with Crippen LogP contribution in [0.15, 0.2) is 18.2 Å². The first-order valence-corrected chi connectivity index (χ1v) is 7.10. The summed E-state index contributed by atoms with van der Waals surface area (Å²) in [5.41, 5.74) is 1.33. The minimum absolute atomic E-state index is 0.0175. The monoisotopic (exact) mass is 293 g/mol. The largest absolute Gasteiger partial charge is 0.395 e. The zero-order valence-electron chi connectivity index (χ0n) is 11.9. The smallest absolute Gasteiger partial charge is 0.224 e. The van der Waals surface area contributed by atoms with Crippen LogP contribution >= 0.6 is 11.6 Å². The molecule has 108 valence electrons. The van der Waals surface area contributed by atoms with Gasteiger partial charge in [-0.15, -0.1) is 0 Å². The molecule has 0 unspecified atom stereocenters. The van der Waals surface area contributed by atoms with E-state index in [9.17, 15) is 4.79 Å². The minimum atomic E-state index is -0.0220. The Bertz CT molecular complexity index is 515. The van der Waals surface area contributed by atoms with Crippen molar-refractivity contribution in [1.82, 2.24) is 0 Å². The average Bonchev–Trinajstić information content (AvgIpc) is 2.39. The van der Waals surface area contributed by atoms with Crippen LogP contribution in [0.1, 0.15) is 38.7 Å². The number of anilines is 1. The number of halogens is 1. The van der Waals surface area contributed by atoms with Crippen molar-refractivity contribution >= 4 is 23.2 Å². The Hall–Kier alpha value is -1.50. The lowest BCUT2D eigenvalue weighted by atomic mass is 10.1. The van der Waals surface area contributed by atoms with Gasteiger partial charge in [0, 0.05) is 23.4 Å². The number of aliphatic hydroxyl groups is 1.